The molecule has 27 nitrogen and oxygen atoms in total. The molecule has 2 aromatic rings. The topological polar surface area (TPSA) is 446 Å². The molecule has 1 fully saturated rings. The van der Waals surface area contributed by atoms with Crippen LogP contribution in [0, 0.1) is 11.8 Å². The second-order valence-corrected chi connectivity index (χ2v) is 17.4. The fraction of sp³-hybridized carbons (Fsp3) is 0.556. The fourth-order valence-corrected chi connectivity index (χ4v) is 7.28. The van der Waals surface area contributed by atoms with Crippen LogP contribution in [0.5, 0.6) is 5.75 Å². The second kappa shape index (κ2) is 30.0. The maximum atomic E-state index is 14.4. The summed E-state index contributed by atoms with van der Waals surface area (Å²) in [6.07, 6.45) is 3.01. The van der Waals surface area contributed by atoms with Crippen molar-refractivity contribution in [2.75, 3.05) is 19.6 Å². The van der Waals surface area contributed by atoms with E-state index in [4.69, 9.17) is 37.3 Å². The molecule has 1 aliphatic heterocycles. The van der Waals surface area contributed by atoms with Crippen molar-refractivity contribution in [2.45, 2.75) is 128 Å². The normalized spacial score (nSPS) is 15.8. The second-order valence-electron chi connectivity index (χ2n) is 17.4. The van der Waals surface area contributed by atoms with Crippen molar-refractivity contribution < 1.29 is 68.4 Å². The summed E-state index contributed by atoms with van der Waals surface area (Å²) < 4.78 is 0. The quantitative estimate of drug-likeness (QED) is 0.0244. The zero-order chi connectivity index (χ0) is 54.2. The highest BCUT2D eigenvalue weighted by molar-refractivity contribution is 5.98. The molecule has 3 rings (SSSR count). The van der Waals surface area contributed by atoms with Gasteiger partial charge in [0.05, 0.1) is 18.8 Å². The van der Waals surface area contributed by atoms with Crippen LogP contribution in [0.2, 0.25) is 0 Å². The number of phenolic OH excluding ortho intramolecular Hbond substituents is 1. The number of hydrogen-bond donors (Lipinski definition) is 14. The molecule has 0 unspecified atom stereocenters. The number of carboxylic acid groups (broad SMARTS) is 3. The van der Waals surface area contributed by atoms with Gasteiger partial charge in [-0.15, -0.1) is 0 Å². The summed E-state index contributed by atoms with van der Waals surface area (Å²) in [6, 6.07) is -3.36. The number of aliphatic imine (C=N–C) groups is 1. The van der Waals surface area contributed by atoms with E-state index >= 15 is 0 Å². The fourth-order valence-electron chi connectivity index (χ4n) is 7.28. The van der Waals surface area contributed by atoms with E-state index in [0.717, 1.165) is 6.92 Å². The van der Waals surface area contributed by atoms with Crippen LogP contribution in [0.1, 0.15) is 84.4 Å². The minimum Gasteiger partial charge on any atom is -0.508 e. The predicted octanol–water partition coefficient (Wildman–Crippen LogP) is -2.84. The largest absolute Gasteiger partial charge is 0.508 e. The average Bonchev–Trinajstić information content (AvgIpc) is 4.02. The van der Waals surface area contributed by atoms with Crippen molar-refractivity contribution in [1.29, 1.82) is 0 Å². The van der Waals surface area contributed by atoms with Gasteiger partial charge < -0.3 is 79.4 Å². The number of aromatic hydroxyl groups is 1. The molecule has 0 aliphatic carbocycles. The van der Waals surface area contributed by atoms with E-state index in [9.17, 15) is 48.3 Å². The first-order chi connectivity index (χ1) is 33.8. The molecule has 17 N–H and O–H groups in total. The molecule has 72 heavy (non-hydrogen) atoms. The first-order valence-corrected chi connectivity index (χ1v) is 23.1. The highest BCUT2D eigenvalue weighted by Gasteiger charge is 2.40. The Morgan fingerprint density at radius 1 is 0.806 bits per heavy atom. The minimum atomic E-state index is -1.50. The molecule has 0 saturated carbocycles. The lowest BCUT2D eigenvalue weighted by Crippen LogP contribution is -2.62. The van der Waals surface area contributed by atoms with Crippen molar-refractivity contribution in [3.63, 3.8) is 0 Å². The van der Waals surface area contributed by atoms with Crippen molar-refractivity contribution in [3.05, 3.63) is 48.0 Å². The van der Waals surface area contributed by atoms with Gasteiger partial charge in [-0.2, -0.15) is 0 Å². The number of phenols is 1. The first-order valence-electron chi connectivity index (χ1n) is 23.1. The van der Waals surface area contributed by atoms with Gasteiger partial charge in [-0.1, -0.05) is 46.2 Å². The molecule has 0 spiro atoms. The summed E-state index contributed by atoms with van der Waals surface area (Å²) in [5.74, 6) is -10.4. The number of carbonyl (C=O) groups excluding carboxylic acids is 7. The van der Waals surface area contributed by atoms with Crippen LogP contribution in [0.3, 0.4) is 0 Å². The molecule has 7 amide bonds. The van der Waals surface area contributed by atoms with Gasteiger partial charge in [0.15, 0.2) is 5.96 Å². The Balaban J connectivity index is 0.00000427. The number of nitrogens with two attached hydrogens (primary N) is 3. The van der Waals surface area contributed by atoms with E-state index in [1.807, 2.05) is 0 Å². The number of carboxylic acids is 3. The zero-order valence-corrected chi connectivity index (χ0v) is 40.9. The van der Waals surface area contributed by atoms with Crippen molar-refractivity contribution in [3.8, 4) is 5.75 Å². The number of amides is 7. The Bertz CT molecular complexity index is 2200. The third kappa shape index (κ3) is 21.0. The monoisotopic (exact) mass is 1020 g/mol. The molecule has 398 valence electrons. The summed E-state index contributed by atoms with van der Waals surface area (Å²) in [6.45, 7) is 7.35. The Hall–Kier alpha value is -7.84. The SMILES string of the molecule is CC(=O)O.CC[C@@H](C)[C@H](NC(=O)[C@H](Cc1ccc(O)cc1)NC(=O)[C@H](NC(=O)[C@@H](CCCN=C(N)N)NC(=O)[C@@H](N)CC(=O)O)C(C)C)C(=O)N[C@@H](Cc1cnc[nH]1)C(=O)N1CCC[C@H]1C(=O)NCC(=O)O. The smallest absolute Gasteiger partial charge is 0.322 e. The van der Waals surface area contributed by atoms with Crippen LogP contribution >= 0.6 is 0 Å². The Morgan fingerprint density at radius 2 is 1.39 bits per heavy atom. The molecule has 1 saturated heterocycles. The number of aromatic amines is 1. The van der Waals surface area contributed by atoms with E-state index in [1.165, 1.54) is 41.7 Å². The van der Waals surface area contributed by atoms with Crippen molar-refractivity contribution in [2.24, 2.45) is 34.0 Å². The maximum absolute atomic E-state index is 14.4. The lowest BCUT2D eigenvalue weighted by molar-refractivity contribution is -0.143. The lowest BCUT2D eigenvalue weighted by atomic mass is 9.96. The molecular weight excluding hydrogens is 947 g/mol. The number of aromatic nitrogens is 2. The Labute approximate surface area is 415 Å². The van der Waals surface area contributed by atoms with Gasteiger partial charge in [-0.25, -0.2) is 4.98 Å². The number of H-pyrrole nitrogens is 1. The van der Waals surface area contributed by atoms with Crippen LogP contribution in [0.25, 0.3) is 0 Å². The van der Waals surface area contributed by atoms with Crippen LogP contribution in [0.4, 0.5) is 0 Å². The van der Waals surface area contributed by atoms with Gasteiger partial charge in [-0.3, -0.25) is 52.9 Å². The first kappa shape index (κ1) is 60.3. The third-order valence-corrected chi connectivity index (χ3v) is 11.2. The number of aliphatic carboxylic acids is 3. The number of rotatable bonds is 27. The minimum absolute atomic E-state index is 0.0550. The van der Waals surface area contributed by atoms with Gasteiger partial charge in [0, 0.05) is 44.7 Å². The van der Waals surface area contributed by atoms with E-state index in [0.29, 0.717) is 24.1 Å². The van der Waals surface area contributed by atoms with Gasteiger partial charge in [-0.05, 0) is 55.2 Å². The van der Waals surface area contributed by atoms with Gasteiger partial charge in [0.1, 0.15) is 48.5 Å². The van der Waals surface area contributed by atoms with Crippen LogP contribution in [-0.4, -0.2) is 162 Å². The Morgan fingerprint density at radius 3 is 1.94 bits per heavy atom. The van der Waals surface area contributed by atoms with E-state index in [2.05, 4.69) is 46.9 Å². The zero-order valence-electron chi connectivity index (χ0n) is 40.9. The molecular formula is C45H69N13O14. The number of likely N-dealkylation sites (tertiary alicyclic amines) is 1. The number of imidazole rings is 1. The molecule has 27 heteroatoms. The van der Waals surface area contributed by atoms with Crippen molar-refractivity contribution in [1.82, 2.24) is 46.8 Å². The molecule has 1 aromatic carbocycles. The standard InChI is InChI=1S/C43H65N13O12.C2H4O2/c1-5-23(4)35(41(67)53-30(17-25-19-47-21-50-25)42(68)56-15-7-9-31(56)39(65)49-20-33(60)61)55-38(64)29(16-24-10-12-26(57)13-11-24)52-40(66)34(22(2)3)54-37(63)28(8-6-14-48-43(45)46)51-36(62)27(44)18-32(58)59;1-2(3)4/h10-13,19,21-23,27-31,34-35,57H,5-9,14-18,20,44H2,1-4H3,(H,47,50)(H,49,65)(H,51,62)(H,52,66)(H,53,67)(H,54,63)(H,55,64)(H,58,59)(H,60,61)(H4,45,46,48);1H3,(H,3,4)/t23-,27+,28-,29+,30+,31+,34-,35+;/m1./s1. The average molecular weight is 1020 g/mol. The maximum Gasteiger partial charge on any atom is 0.322 e. The number of nitrogens with one attached hydrogen (secondary N) is 7. The van der Waals surface area contributed by atoms with E-state index in [-0.39, 0.29) is 56.9 Å². The summed E-state index contributed by atoms with van der Waals surface area (Å²) in [7, 11) is 0. The third-order valence-electron chi connectivity index (χ3n) is 11.2. The lowest BCUT2D eigenvalue weighted by Gasteiger charge is -2.31. The van der Waals surface area contributed by atoms with E-state index in [1.54, 1.807) is 27.7 Å². The number of guanidine groups is 1. The highest BCUT2D eigenvalue weighted by atomic mass is 16.4. The predicted molar refractivity (Wildman–Crippen MR) is 257 cm³/mol. The van der Waals surface area contributed by atoms with Crippen LogP contribution in [-0.2, 0) is 60.8 Å². The molecule has 1 aromatic heterocycles. The van der Waals surface area contributed by atoms with Crippen LogP contribution < -0.4 is 49.1 Å². The highest BCUT2D eigenvalue weighted by Crippen LogP contribution is 2.21. The van der Waals surface area contributed by atoms with E-state index < -0.39 is 126 Å². The van der Waals surface area contributed by atoms with Crippen LogP contribution in [0.15, 0.2) is 41.8 Å². The number of benzene rings is 1. The van der Waals surface area contributed by atoms with Gasteiger partial charge in [0.2, 0.25) is 41.4 Å². The number of carbonyl (C=O) groups is 10. The molecule has 0 radical (unpaired) electrons. The van der Waals surface area contributed by atoms with Gasteiger partial charge in [0.25, 0.3) is 5.97 Å². The molecule has 1 aliphatic rings. The molecule has 2 heterocycles. The molecule has 8 atom stereocenters. The number of nitrogens with zero attached hydrogens (tertiary/aromatic N) is 3. The Kier molecular flexibility index (Phi) is 25.1. The summed E-state index contributed by atoms with van der Waals surface area (Å²) in [4.78, 5) is 140. The summed E-state index contributed by atoms with van der Waals surface area (Å²) in [5.41, 5.74) is 17.5. The van der Waals surface area contributed by atoms with Gasteiger partial charge >= 0.3 is 11.9 Å². The summed E-state index contributed by atoms with van der Waals surface area (Å²) >= 11 is 0. The number of hydrogen-bond acceptors (Lipinski definition) is 14. The molecule has 0 bridgehead atoms. The van der Waals surface area contributed by atoms with Crippen molar-refractivity contribution >= 4 is 65.2 Å². The summed E-state index contributed by atoms with van der Waals surface area (Å²) in [5, 5.41) is 51.1.